The van der Waals surface area contributed by atoms with Crippen molar-refractivity contribution in [2.45, 2.75) is 13.1 Å². The molecular weight excluding hydrogens is 405 g/mol. The molecular formula is C22H19ClFN5O. The number of hydrogen-bond acceptors (Lipinski definition) is 4. The van der Waals surface area contributed by atoms with Crippen LogP contribution in [0.1, 0.15) is 16.8 Å². The molecule has 0 bridgehead atoms. The summed E-state index contributed by atoms with van der Waals surface area (Å²) in [6, 6.07) is 13.7. The van der Waals surface area contributed by atoms with E-state index in [0.717, 1.165) is 23.5 Å². The number of rotatable bonds is 5. The van der Waals surface area contributed by atoms with Crippen LogP contribution in [0.5, 0.6) is 0 Å². The second kappa shape index (κ2) is 8.66. The Morgan fingerprint density at radius 2 is 2.03 bits per heavy atom. The van der Waals surface area contributed by atoms with Gasteiger partial charge in [0.25, 0.3) is 0 Å². The summed E-state index contributed by atoms with van der Waals surface area (Å²) in [7, 11) is 0. The highest BCUT2D eigenvalue weighted by atomic mass is 35.5. The third-order valence-corrected chi connectivity index (χ3v) is 5.35. The molecule has 8 heteroatoms. The fourth-order valence-electron chi connectivity index (χ4n) is 3.57. The number of carbonyl (C=O) groups is 1. The van der Waals surface area contributed by atoms with Gasteiger partial charge in [0.15, 0.2) is 0 Å². The minimum Gasteiger partial charge on any atom is -0.329 e. The summed E-state index contributed by atoms with van der Waals surface area (Å²) in [6.07, 6.45) is 3.45. The number of halogens is 2. The van der Waals surface area contributed by atoms with E-state index in [1.807, 2.05) is 22.8 Å². The predicted molar refractivity (Wildman–Crippen MR) is 112 cm³/mol. The van der Waals surface area contributed by atoms with Gasteiger partial charge in [-0.25, -0.2) is 9.37 Å². The van der Waals surface area contributed by atoms with Crippen LogP contribution in [0.2, 0.25) is 5.02 Å². The Bertz CT molecular complexity index is 1120. The monoisotopic (exact) mass is 423 g/mol. The number of anilines is 1. The molecule has 2 aromatic carbocycles. The summed E-state index contributed by atoms with van der Waals surface area (Å²) in [5.74, 6) is -0.511. The molecule has 0 radical (unpaired) electrons. The number of aromatic nitrogens is 2. The lowest BCUT2D eigenvalue weighted by atomic mass is 10.1. The van der Waals surface area contributed by atoms with Crippen LogP contribution in [-0.4, -0.2) is 40.0 Å². The number of piperazine rings is 1. The summed E-state index contributed by atoms with van der Waals surface area (Å²) < 4.78 is 15.8. The maximum absolute atomic E-state index is 13.9. The van der Waals surface area contributed by atoms with Gasteiger partial charge in [0, 0.05) is 43.1 Å². The number of amides is 1. The summed E-state index contributed by atoms with van der Waals surface area (Å²) >= 11 is 6.05. The van der Waals surface area contributed by atoms with Gasteiger partial charge >= 0.3 is 0 Å². The van der Waals surface area contributed by atoms with Gasteiger partial charge in [0.2, 0.25) is 5.91 Å². The van der Waals surface area contributed by atoms with Crippen LogP contribution in [-0.2, 0) is 17.9 Å². The lowest BCUT2D eigenvalue weighted by molar-refractivity contribution is -0.121. The van der Waals surface area contributed by atoms with Crippen LogP contribution >= 0.6 is 11.6 Å². The van der Waals surface area contributed by atoms with E-state index in [0.29, 0.717) is 31.2 Å². The molecule has 1 amide bonds. The summed E-state index contributed by atoms with van der Waals surface area (Å²) in [5.41, 5.74) is 2.51. The predicted octanol–water partition coefficient (Wildman–Crippen LogP) is 3.44. The van der Waals surface area contributed by atoms with Crippen LogP contribution in [0.4, 0.5) is 10.1 Å². The fourth-order valence-corrected chi connectivity index (χ4v) is 3.75. The lowest BCUT2D eigenvalue weighted by Crippen LogP contribution is -2.50. The van der Waals surface area contributed by atoms with Gasteiger partial charge in [0.1, 0.15) is 11.9 Å². The quantitative estimate of drug-likeness (QED) is 0.630. The first kappa shape index (κ1) is 20.1. The van der Waals surface area contributed by atoms with Crippen molar-refractivity contribution in [1.29, 1.82) is 5.26 Å². The fraction of sp³-hybridized carbons (Fsp3) is 0.227. The molecule has 152 valence electrons. The maximum atomic E-state index is 13.9. The zero-order valence-electron chi connectivity index (χ0n) is 16.1. The topological polar surface area (TPSA) is 65.2 Å². The second-order valence-corrected chi connectivity index (χ2v) is 7.61. The van der Waals surface area contributed by atoms with Crippen molar-refractivity contribution < 1.29 is 9.18 Å². The highest BCUT2D eigenvalue weighted by molar-refractivity contribution is 6.30. The first-order chi connectivity index (χ1) is 14.5. The normalized spacial score (nSPS) is 14.7. The molecule has 0 N–H and O–H groups in total. The minimum atomic E-state index is -0.528. The van der Waals surface area contributed by atoms with Gasteiger partial charge in [-0.15, -0.1) is 0 Å². The van der Waals surface area contributed by atoms with E-state index < -0.39 is 5.82 Å². The molecule has 1 aliphatic rings. The standard InChI is InChI=1S/C22H19ClFN5O/c23-18-2-1-3-19(9-18)29-7-6-27(14-22(29)30)13-20-11-26-15-28(20)12-16-4-5-17(10-25)21(24)8-16/h1-5,8-9,11,15H,6-7,12-14H2. The smallest absolute Gasteiger partial charge is 0.241 e. The van der Waals surface area contributed by atoms with E-state index in [1.54, 1.807) is 35.6 Å². The van der Waals surface area contributed by atoms with Gasteiger partial charge in [-0.3, -0.25) is 9.69 Å². The van der Waals surface area contributed by atoms with Crippen LogP contribution < -0.4 is 4.90 Å². The molecule has 0 saturated carbocycles. The molecule has 3 aromatic rings. The summed E-state index contributed by atoms with van der Waals surface area (Å²) in [6.45, 7) is 2.59. The van der Waals surface area contributed by atoms with Crippen LogP contribution in [0.25, 0.3) is 0 Å². The first-order valence-electron chi connectivity index (χ1n) is 9.49. The van der Waals surface area contributed by atoms with Crippen molar-refractivity contribution in [3.63, 3.8) is 0 Å². The van der Waals surface area contributed by atoms with E-state index in [2.05, 4.69) is 9.88 Å². The lowest BCUT2D eigenvalue weighted by Gasteiger charge is -2.34. The van der Waals surface area contributed by atoms with Crippen LogP contribution in [0.3, 0.4) is 0 Å². The van der Waals surface area contributed by atoms with E-state index in [1.165, 1.54) is 12.1 Å². The molecule has 0 atom stereocenters. The van der Waals surface area contributed by atoms with Gasteiger partial charge in [-0.1, -0.05) is 23.7 Å². The number of benzene rings is 2. The summed E-state index contributed by atoms with van der Waals surface area (Å²) in [4.78, 5) is 20.7. The zero-order chi connectivity index (χ0) is 21.1. The Morgan fingerprint density at radius 1 is 1.17 bits per heavy atom. The SMILES string of the molecule is N#Cc1ccc(Cn2cncc2CN2CCN(c3cccc(Cl)c3)C(=O)C2)cc1F. The highest BCUT2D eigenvalue weighted by Crippen LogP contribution is 2.22. The number of nitrogens with zero attached hydrogens (tertiary/aromatic N) is 5. The van der Waals surface area contributed by atoms with Crippen molar-refractivity contribution in [2.75, 3.05) is 24.5 Å². The van der Waals surface area contributed by atoms with E-state index in [9.17, 15) is 9.18 Å². The van der Waals surface area contributed by atoms with Crippen molar-refractivity contribution in [1.82, 2.24) is 14.5 Å². The molecule has 0 spiro atoms. The van der Waals surface area contributed by atoms with Crippen molar-refractivity contribution in [3.8, 4) is 6.07 Å². The average molecular weight is 424 g/mol. The van der Waals surface area contributed by atoms with Crippen molar-refractivity contribution in [2.24, 2.45) is 0 Å². The molecule has 30 heavy (non-hydrogen) atoms. The third kappa shape index (κ3) is 4.35. The molecule has 4 rings (SSSR count). The maximum Gasteiger partial charge on any atom is 0.241 e. The van der Waals surface area contributed by atoms with E-state index in [-0.39, 0.29) is 11.5 Å². The number of imidazole rings is 1. The first-order valence-corrected chi connectivity index (χ1v) is 9.87. The second-order valence-electron chi connectivity index (χ2n) is 7.17. The van der Waals surface area contributed by atoms with Gasteiger partial charge < -0.3 is 9.47 Å². The van der Waals surface area contributed by atoms with Gasteiger partial charge in [-0.2, -0.15) is 5.26 Å². The van der Waals surface area contributed by atoms with Crippen molar-refractivity contribution >= 4 is 23.2 Å². The number of carbonyl (C=O) groups excluding carboxylic acids is 1. The minimum absolute atomic E-state index is 0.0174. The molecule has 0 aliphatic carbocycles. The number of nitriles is 1. The average Bonchev–Trinajstić information content (AvgIpc) is 3.15. The molecule has 6 nitrogen and oxygen atoms in total. The van der Waals surface area contributed by atoms with Crippen LogP contribution in [0, 0.1) is 17.1 Å². The van der Waals surface area contributed by atoms with Gasteiger partial charge in [0.05, 0.1) is 24.1 Å². The molecule has 1 fully saturated rings. The zero-order valence-corrected chi connectivity index (χ0v) is 16.9. The van der Waals surface area contributed by atoms with Gasteiger partial charge in [-0.05, 0) is 35.9 Å². The molecule has 0 unspecified atom stereocenters. The third-order valence-electron chi connectivity index (χ3n) is 5.11. The van der Waals surface area contributed by atoms with E-state index in [4.69, 9.17) is 16.9 Å². The Kier molecular flexibility index (Phi) is 5.79. The molecule has 1 aliphatic heterocycles. The van der Waals surface area contributed by atoms with Crippen LogP contribution in [0.15, 0.2) is 55.0 Å². The largest absolute Gasteiger partial charge is 0.329 e. The summed E-state index contributed by atoms with van der Waals surface area (Å²) in [5, 5.41) is 9.47. The Morgan fingerprint density at radius 3 is 2.77 bits per heavy atom. The number of hydrogen-bond donors (Lipinski definition) is 0. The van der Waals surface area contributed by atoms with Crippen molar-refractivity contribution in [3.05, 3.63) is 82.6 Å². The molecule has 1 saturated heterocycles. The Labute approximate surface area is 178 Å². The Hall–Kier alpha value is -3.21. The molecule has 2 heterocycles. The highest BCUT2D eigenvalue weighted by Gasteiger charge is 2.25. The van der Waals surface area contributed by atoms with E-state index >= 15 is 0 Å². The Balaban J connectivity index is 1.42. The molecule has 1 aromatic heterocycles.